The zero-order valence-electron chi connectivity index (χ0n) is 8.50. The summed E-state index contributed by atoms with van der Waals surface area (Å²) in [6, 6.07) is 5.64. The fourth-order valence-electron chi connectivity index (χ4n) is 1.23. The topological polar surface area (TPSA) is 38.3 Å². The smallest absolute Gasteiger partial charge is 0.258 e. The van der Waals surface area contributed by atoms with Gasteiger partial charge in [-0.25, -0.2) is 0 Å². The Morgan fingerprint density at radius 3 is 2.94 bits per heavy atom. The minimum atomic E-state index is -0.0958. The summed E-state index contributed by atoms with van der Waals surface area (Å²) in [6.07, 6.45) is 2.15. The van der Waals surface area contributed by atoms with E-state index in [0.29, 0.717) is 16.8 Å². The molecule has 0 spiro atoms. The first-order valence-corrected chi connectivity index (χ1v) is 6.19. The Balaban J connectivity index is 1.85. The SMILES string of the molecule is O=C(COc1ccc(Br)cc1Cl)NC1CC1. The van der Waals surface area contributed by atoms with Gasteiger partial charge in [0.05, 0.1) is 5.02 Å². The first-order chi connectivity index (χ1) is 7.65. The van der Waals surface area contributed by atoms with Gasteiger partial charge in [0, 0.05) is 10.5 Å². The third kappa shape index (κ3) is 3.39. The first kappa shape index (κ1) is 11.7. The van der Waals surface area contributed by atoms with Crippen LogP contribution >= 0.6 is 27.5 Å². The molecule has 2 rings (SSSR count). The molecule has 0 bridgehead atoms. The fourth-order valence-corrected chi connectivity index (χ4v) is 1.96. The van der Waals surface area contributed by atoms with E-state index in [1.807, 2.05) is 6.07 Å². The highest BCUT2D eigenvalue weighted by molar-refractivity contribution is 9.10. The van der Waals surface area contributed by atoms with Crippen molar-refractivity contribution in [1.29, 1.82) is 0 Å². The van der Waals surface area contributed by atoms with Crippen molar-refractivity contribution in [3.8, 4) is 5.75 Å². The van der Waals surface area contributed by atoms with Crippen LogP contribution in [0, 0.1) is 0 Å². The average molecular weight is 305 g/mol. The lowest BCUT2D eigenvalue weighted by molar-refractivity contribution is -0.123. The van der Waals surface area contributed by atoms with E-state index in [9.17, 15) is 4.79 Å². The van der Waals surface area contributed by atoms with Crippen LogP contribution in [0.25, 0.3) is 0 Å². The Morgan fingerprint density at radius 2 is 2.31 bits per heavy atom. The van der Waals surface area contributed by atoms with Crippen molar-refractivity contribution in [2.45, 2.75) is 18.9 Å². The van der Waals surface area contributed by atoms with Gasteiger partial charge in [-0.05, 0) is 31.0 Å². The summed E-state index contributed by atoms with van der Waals surface area (Å²) < 4.78 is 6.20. The second-order valence-corrected chi connectivity index (χ2v) is 5.03. The number of amides is 1. The maximum atomic E-state index is 11.4. The molecule has 1 amide bonds. The number of ether oxygens (including phenoxy) is 1. The predicted molar refractivity (Wildman–Crippen MR) is 65.8 cm³/mol. The van der Waals surface area contributed by atoms with Crippen LogP contribution in [0.1, 0.15) is 12.8 Å². The molecule has 1 N–H and O–H groups in total. The largest absolute Gasteiger partial charge is 0.482 e. The molecule has 1 aliphatic carbocycles. The second kappa shape index (κ2) is 5.06. The maximum Gasteiger partial charge on any atom is 0.258 e. The highest BCUT2D eigenvalue weighted by Gasteiger charge is 2.23. The molecule has 0 aliphatic heterocycles. The minimum Gasteiger partial charge on any atom is -0.482 e. The van der Waals surface area contributed by atoms with E-state index in [-0.39, 0.29) is 12.5 Å². The normalized spacial score (nSPS) is 14.6. The van der Waals surface area contributed by atoms with Crippen molar-refractivity contribution >= 4 is 33.4 Å². The van der Waals surface area contributed by atoms with Crippen molar-refractivity contribution in [3.05, 3.63) is 27.7 Å². The molecule has 0 aromatic heterocycles. The predicted octanol–water partition coefficient (Wildman–Crippen LogP) is 2.76. The molecule has 1 saturated carbocycles. The monoisotopic (exact) mass is 303 g/mol. The number of halogens is 2. The molecular weight excluding hydrogens is 293 g/mol. The molecule has 1 aliphatic rings. The summed E-state index contributed by atoms with van der Waals surface area (Å²) in [5.41, 5.74) is 0. The van der Waals surface area contributed by atoms with E-state index in [1.165, 1.54) is 0 Å². The zero-order chi connectivity index (χ0) is 11.5. The average Bonchev–Trinajstić information content (AvgIpc) is 3.00. The van der Waals surface area contributed by atoms with Crippen LogP contribution in [0.15, 0.2) is 22.7 Å². The van der Waals surface area contributed by atoms with Gasteiger partial charge < -0.3 is 10.1 Å². The molecule has 16 heavy (non-hydrogen) atoms. The van der Waals surface area contributed by atoms with Crippen molar-refractivity contribution in [1.82, 2.24) is 5.32 Å². The quantitative estimate of drug-likeness (QED) is 0.929. The molecule has 0 radical (unpaired) electrons. The summed E-state index contributed by atoms with van der Waals surface area (Å²) in [6.45, 7) is 0.0118. The van der Waals surface area contributed by atoms with E-state index in [0.717, 1.165) is 17.3 Å². The lowest BCUT2D eigenvalue weighted by Gasteiger charge is -2.08. The molecule has 0 atom stereocenters. The summed E-state index contributed by atoms with van der Waals surface area (Å²) in [7, 11) is 0. The number of hydrogen-bond acceptors (Lipinski definition) is 2. The third-order valence-corrected chi connectivity index (χ3v) is 2.98. The van der Waals surface area contributed by atoms with Gasteiger partial charge in [-0.15, -0.1) is 0 Å². The number of rotatable bonds is 4. The maximum absolute atomic E-state index is 11.4. The van der Waals surface area contributed by atoms with Crippen LogP contribution in [0.3, 0.4) is 0 Å². The van der Waals surface area contributed by atoms with Crippen molar-refractivity contribution in [2.75, 3.05) is 6.61 Å². The summed E-state index contributed by atoms with van der Waals surface area (Å²) in [5, 5.41) is 3.33. The van der Waals surface area contributed by atoms with Crippen molar-refractivity contribution < 1.29 is 9.53 Å². The number of carbonyl (C=O) groups excluding carboxylic acids is 1. The molecule has 0 saturated heterocycles. The highest BCUT2D eigenvalue weighted by Crippen LogP contribution is 2.27. The van der Waals surface area contributed by atoms with Gasteiger partial charge in [0.25, 0.3) is 5.91 Å². The molecule has 5 heteroatoms. The third-order valence-electron chi connectivity index (χ3n) is 2.20. The van der Waals surface area contributed by atoms with Gasteiger partial charge in [-0.2, -0.15) is 0 Å². The van der Waals surface area contributed by atoms with E-state index in [2.05, 4.69) is 21.2 Å². The van der Waals surface area contributed by atoms with E-state index in [1.54, 1.807) is 12.1 Å². The fraction of sp³-hybridized carbons (Fsp3) is 0.364. The Kier molecular flexibility index (Phi) is 3.71. The molecule has 1 aromatic carbocycles. The number of hydrogen-bond donors (Lipinski definition) is 1. The van der Waals surface area contributed by atoms with E-state index in [4.69, 9.17) is 16.3 Å². The lowest BCUT2D eigenvalue weighted by atomic mass is 10.3. The van der Waals surface area contributed by atoms with Crippen LogP contribution < -0.4 is 10.1 Å². The van der Waals surface area contributed by atoms with E-state index >= 15 is 0 Å². The van der Waals surface area contributed by atoms with Crippen LogP contribution in [-0.2, 0) is 4.79 Å². The summed E-state index contributed by atoms with van der Waals surface area (Å²) >= 11 is 9.24. The molecule has 3 nitrogen and oxygen atoms in total. The summed E-state index contributed by atoms with van der Waals surface area (Å²) in [5.74, 6) is 0.428. The molecule has 1 fully saturated rings. The molecule has 1 aromatic rings. The van der Waals surface area contributed by atoms with Crippen molar-refractivity contribution in [3.63, 3.8) is 0 Å². The van der Waals surface area contributed by atoms with Gasteiger partial charge in [-0.1, -0.05) is 27.5 Å². The van der Waals surface area contributed by atoms with Crippen LogP contribution in [0.4, 0.5) is 0 Å². The van der Waals surface area contributed by atoms with Gasteiger partial charge in [0.15, 0.2) is 6.61 Å². The first-order valence-electron chi connectivity index (χ1n) is 5.02. The Bertz CT molecular complexity index is 407. The van der Waals surface area contributed by atoms with Crippen LogP contribution in [0.5, 0.6) is 5.75 Å². The van der Waals surface area contributed by atoms with Gasteiger partial charge in [-0.3, -0.25) is 4.79 Å². The Morgan fingerprint density at radius 1 is 1.56 bits per heavy atom. The van der Waals surface area contributed by atoms with Crippen molar-refractivity contribution in [2.24, 2.45) is 0 Å². The highest BCUT2D eigenvalue weighted by atomic mass is 79.9. The molecule has 0 unspecified atom stereocenters. The number of benzene rings is 1. The Labute approximate surface area is 107 Å². The Hall–Kier alpha value is -0.740. The molecule has 0 heterocycles. The van der Waals surface area contributed by atoms with E-state index < -0.39 is 0 Å². The van der Waals surface area contributed by atoms with Gasteiger partial charge >= 0.3 is 0 Å². The van der Waals surface area contributed by atoms with Gasteiger partial charge in [0.2, 0.25) is 0 Å². The molecule has 86 valence electrons. The number of carbonyl (C=O) groups is 1. The molecular formula is C11H11BrClNO2. The van der Waals surface area contributed by atoms with Gasteiger partial charge in [0.1, 0.15) is 5.75 Å². The lowest BCUT2D eigenvalue weighted by Crippen LogP contribution is -2.30. The number of nitrogens with one attached hydrogen (secondary N) is 1. The minimum absolute atomic E-state index is 0.0118. The van der Waals surface area contributed by atoms with Crippen LogP contribution in [0.2, 0.25) is 5.02 Å². The summed E-state index contributed by atoms with van der Waals surface area (Å²) in [4.78, 5) is 11.4. The standard InChI is InChI=1S/C11H11BrClNO2/c12-7-1-4-10(9(13)5-7)16-6-11(15)14-8-2-3-8/h1,4-5,8H,2-3,6H2,(H,14,15). The zero-order valence-corrected chi connectivity index (χ0v) is 10.8. The second-order valence-electron chi connectivity index (χ2n) is 3.71. The van der Waals surface area contributed by atoms with Crippen LogP contribution in [-0.4, -0.2) is 18.6 Å².